The quantitative estimate of drug-likeness (QED) is 0.404. The lowest BCUT2D eigenvalue weighted by Gasteiger charge is -2.31. The molecule has 0 spiro atoms. The molecule has 1 aromatic heterocycles. The zero-order valence-electron chi connectivity index (χ0n) is 17.2. The lowest BCUT2D eigenvalue weighted by Crippen LogP contribution is -2.32. The minimum Gasteiger partial charge on any atom is -0.755 e. The lowest BCUT2D eigenvalue weighted by molar-refractivity contribution is -0.144. The fourth-order valence-corrected chi connectivity index (χ4v) is 4.15. The summed E-state index contributed by atoms with van der Waals surface area (Å²) in [5, 5.41) is 0. The molecule has 0 aliphatic carbocycles. The van der Waals surface area contributed by atoms with Crippen LogP contribution in [-0.2, 0) is 17.4 Å². The van der Waals surface area contributed by atoms with E-state index in [-0.39, 0.29) is 22.8 Å². The van der Waals surface area contributed by atoms with Crippen LogP contribution >= 0.6 is 0 Å². The first kappa shape index (κ1) is 23.1. The van der Waals surface area contributed by atoms with Gasteiger partial charge in [-0.2, -0.15) is 13.2 Å². The van der Waals surface area contributed by atoms with Crippen LogP contribution in [0.25, 0.3) is 22.4 Å². The molecular formula is C22H19F4N4O2S-. The minimum atomic E-state index is -4.79. The van der Waals surface area contributed by atoms with Gasteiger partial charge in [0.1, 0.15) is 11.6 Å². The molecule has 2 heterocycles. The SMILES string of the molecule is O=S([O-])Nc1cccc(-c2c(-c3ccc(F)cc3)nc(C(F)(F)F)nc2N2CCCCC2)c1. The van der Waals surface area contributed by atoms with Gasteiger partial charge in [0.15, 0.2) is 0 Å². The number of anilines is 2. The largest absolute Gasteiger partial charge is 0.755 e. The third-order valence-corrected chi connectivity index (χ3v) is 5.67. The second-order valence-corrected chi connectivity index (χ2v) is 8.24. The maximum atomic E-state index is 13.8. The molecule has 3 aromatic rings. The highest BCUT2D eigenvalue weighted by Gasteiger charge is 2.37. The average molecular weight is 479 g/mol. The fourth-order valence-electron chi connectivity index (χ4n) is 3.83. The number of hydrogen-bond acceptors (Lipinski definition) is 5. The summed E-state index contributed by atoms with van der Waals surface area (Å²) in [6.07, 6.45) is -2.23. The van der Waals surface area contributed by atoms with Crippen molar-refractivity contribution in [2.24, 2.45) is 0 Å². The van der Waals surface area contributed by atoms with Crippen molar-refractivity contribution >= 4 is 22.8 Å². The van der Waals surface area contributed by atoms with Gasteiger partial charge in [-0.15, -0.1) is 0 Å². The van der Waals surface area contributed by atoms with Gasteiger partial charge in [-0.05, 0) is 61.2 Å². The topological polar surface area (TPSA) is 81.2 Å². The first-order chi connectivity index (χ1) is 15.7. The number of rotatable bonds is 5. The molecule has 11 heteroatoms. The number of alkyl halides is 3. The molecule has 0 radical (unpaired) electrons. The van der Waals surface area contributed by atoms with E-state index in [4.69, 9.17) is 0 Å². The maximum absolute atomic E-state index is 13.8. The Labute approximate surface area is 190 Å². The molecular weight excluding hydrogens is 460 g/mol. The van der Waals surface area contributed by atoms with Gasteiger partial charge in [-0.1, -0.05) is 12.1 Å². The summed E-state index contributed by atoms with van der Waals surface area (Å²) in [7, 11) is 0. The van der Waals surface area contributed by atoms with Crippen LogP contribution in [0.4, 0.5) is 29.1 Å². The van der Waals surface area contributed by atoms with Crippen LogP contribution in [0.1, 0.15) is 25.1 Å². The van der Waals surface area contributed by atoms with E-state index in [2.05, 4.69) is 14.7 Å². The molecule has 1 fully saturated rings. The summed E-state index contributed by atoms with van der Waals surface area (Å²) in [6, 6.07) is 11.2. The van der Waals surface area contributed by atoms with Crippen LogP contribution in [0.2, 0.25) is 0 Å². The van der Waals surface area contributed by atoms with Gasteiger partial charge >= 0.3 is 6.18 Å². The van der Waals surface area contributed by atoms with Crippen molar-refractivity contribution in [2.45, 2.75) is 25.4 Å². The van der Waals surface area contributed by atoms with Crippen LogP contribution in [0.3, 0.4) is 0 Å². The predicted molar refractivity (Wildman–Crippen MR) is 116 cm³/mol. The summed E-state index contributed by atoms with van der Waals surface area (Å²) >= 11 is -2.58. The summed E-state index contributed by atoms with van der Waals surface area (Å²) in [5.74, 6) is -1.72. The molecule has 1 atom stereocenters. The Balaban J connectivity index is 2.00. The molecule has 0 bridgehead atoms. The Kier molecular flexibility index (Phi) is 6.61. The molecule has 1 saturated heterocycles. The molecule has 0 saturated carbocycles. The van der Waals surface area contributed by atoms with E-state index in [1.807, 2.05) is 0 Å². The summed E-state index contributed by atoms with van der Waals surface area (Å²) in [4.78, 5) is 9.54. The molecule has 1 aliphatic rings. The van der Waals surface area contributed by atoms with E-state index >= 15 is 0 Å². The number of aromatic nitrogens is 2. The monoisotopic (exact) mass is 479 g/mol. The van der Waals surface area contributed by atoms with E-state index in [9.17, 15) is 26.3 Å². The second kappa shape index (κ2) is 9.44. The Morgan fingerprint density at radius 2 is 1.67 bits per heavy atom. The molecule has 6 nitrogen and oxygen atoms in total. The highest BCUT2D eigenvalue weighted by atomic mass is 32.2. The summed E-state index contributed by atoms with van der Waals surface area (Å²) in [5.41, 5.74) is 1.24. The number of nitrogens with zero attached hydrogens (tertiary/aromatic N) is 3. The smallest absolute Gasteiger partial charge is 0.451 e. The predicted octanol–water partition coefficient (Wildman–Crippen LogP) is 5.16. The second-order valence-electron chi connectivity index (χ2n) is 7.56. The van der Waals surface area contributed by atoms with Gasteiger partial charge in [0.2, 0.25) is 5.82 Å². The number of benzene rings is 2. The molecule has 1 aliphatic heterocycles. The Bertz CT molecular complexity index is 1170. The molecule has 33 heavy (non-hydrogen) atoms. The van der Waals surface area contributed by atoms with Crippen molar-refractivity contribution in [3.05, 3.63) is 60.2 Å². The molecule has 1 N–H and O–H groups in total. The van der Waals surface area contributed by atoms with Crippen molar-refractivity contribution in [2.75, 3.05) is 22.7 Å². The molecule has 2 aromatic carbocycles. The third kappa shape index (κ3) is 5.31. The Morgan fingerprint density at radius 3 is 2.30 bits per heavy atom. The van der Waals surface area contributed by atoms with Crippen LogP contribution in [0, 0.1) is 5.82 Å². The van der Waals surface area contributed by atoms with Gasteiger partial charge in [0, 0.05) is 35.6 Å². The fraction of sp³-hybridized carbons (Fsp3) is 0.273. The number of nitrogens with one attached hydrogen (secondary N) is 1. The van der Waals surface area contributed by atoms with Crippen LogP contribution < -0.4 is 9.62 Å². The van der Waals surface area contributed by atoms with E-state index in [1.165, 1.54) is 24.3 Å². The molecule has 0 amide bonds. The van der Waals surface area contributed by atoms with Crippen LogP contribution in [-0.4, -0.2) is 31.8 Å². The summed E-state index contributed by atoms with van der Waals surface area (Å²) in [6.45, 7) is 1.04. The first-order valence-electron chi connectivity index (χ1n) is 10.2. The molecule has 4 rings (SSSR count). The van der Waals surface area contributed by atoms with Crippen molar-refractivity contribution in [3.63, 3.8) is 0 Å². The van der Waals surface area contributed by atoms with Crippen molar-refractivity contribution in [1.82, 2.24) is 9.97 Å². The van der Waals surface area contributed by atoms with Crippen molar-refractivity contribution in [3.8, 4) is 22.4 Å². The minimum absolute atomic E-state index is 0.0155. The van der Waals surface area contributed by atoms with Gasteiger partial charge in [-0.25, -0.2) is 14.4 Å². The number of halogens is 4. The highest BCUT2D eigenvalue weighted by Crippen LogP contribution is 2.41. The Hall–Kier alpha value is -3.05. The summed E-state index contributed by atoms with van der Waals surface area (Å²) < 4.78 is 79.3. The zero-order valence-corrected chi connectivity index (χ0v) is 18.0. The van der Waals surface area contributed by atoms with E-state index in [0.717, 1.165) is 31.4 Å². The van der Waals surface area contributed by atoms with E-state index < -0.39 is 29.1 Å². The average Bonchev–Trinajstić information content (AvgIpc) is 2.78. The van der Waals surface area contributed by atoms with Crippen LogP contribution in [0.5, 0.6) is 0 Å². The van der Waals surface area contributed by atoms with Crippen LogP contribution in [0.15, 0.2) is 48.5 Å². The first-order valence-corrected chi connectivity index (χ1v) is 11.3. The maximum Gasteiger partial charge on any atom is 0.451 e. The third-order valence-electron chi connectivity index (χ3n) is 5.27. The van der Waals surface area contributed by atoms with Crippen molar-refractivity contribution < 1.29 is 26.3 Å². The molecule has 174 valence electrons. The normalized spacial score (nSPS) is 15.4. The Morgan fingerprint density at radius 1 is 0.970 bits per heavy atom. The van der Waals surface area contributed by atoms with Gasteiger partial charge in [-0.3, -0.25) is 4.21 Å². The van der Waals surface area contributed by atoms with Gasteiger partial charge in [0.25, 0.3) is 0 Å². The lowest BCUT2D eigenvalue weighted by atomic mass is 9.97. The number of hydrogen-bond donors (Lipinski definition) is 1. The zero-order chi connectivity index (χ0) is 23.6. The van der Waals surface area contributed by atoms with Crippen molar-refractivity contribution in [1.29, 1.82) is 0 Å². The van der Waals surface area contributed by atoms with Gasteiger partial charge < -0.3 is 14.2 Å². The number of piperidine rings is 1. The molecule has 1 unspecified atom stereocenters. The van der Waals surface area contributed by atoms with E-state index in [0.29, 0.717) is 24.2 Å². The standard InChI is InChI=1S/C22H20F4N4O2S/c23-16-9-7-14(8-10-16)19-18(15-5-4-6-17(13-15)29-33(31)32)20(30-11-2-1-3-12-30)28-21(27-19)22(24,25)26/h4-10,13,29H,1-3,11-12H2,(H,31,32)/p-1. The van der Waals surface area contributed by atoms with E-state index in [1.54, 1.807) is 17.0 Å². The van der Waals surface area contributed by atoms with Gasteiger partial charge in [0.05, 0.1) is 11.3 Å². The highest BCUT2D eigenvalue weighted by molar-refractivity contribution is 7.80.